The molecule has 0 saturated carbocycles. The molecule has 0 aliphatic rings. The van der Waals surface area contributed by atoms with Crippen LogP contribution < -0.4 is 18.9 Å². The van der Waals surface area contributed by atoms with E-state index in [-0.39, 0.29) is 24.6 Å². The van der Waals surface area contributed by atoms with E-state index < -0.39 is 11.6 Å². The van der Waals surface area contributed by atoms with Gasteiger partial charge in [-0.25, -0.2) is 0 Å². The van der Waals surface area contributed by atoms with Crippen LogP contribution in [0.15, 0.2) is 15.2 Å². The number of halogens is 1. The molecule has 1 heterocycles. The summed E-state index contributed by atoms with van der Waals surface area (Å²) in [6.45, 7) is 5.38. The van der Waals surface area contributed by atoms with Crippen LogP contribution in [0.25, 0.3) is 0 Å². The summed E-state index contributed by atoms with van der Waals surface area (Å²) in [6.07, 6.45) is 1.39. The van der Waals surface area contributed by atoms with Crippen molar-refractivity contribution in [1.29, 1.82) is 0 Å². The molecule has 0 atom stereocenters. The van der Waals surface area contributed by atoms with Crippen LogP contribution >= 0.6 is 15.9 Å². The Morgan fingerprint density at radius 2 is 2.14 bits per heavy atom. The zero-order valence-electron chi connectivity index (χ0n) is 8.68. The summed E-state index contributed by atoms with van der Waals surface area (Å²) in [5, 5.41) is 0. The molecule has 0 bridgehead atoms. The van der Waals surface area contributed by atoms with Gasteiger partial charge in [0, 0.05) is 6.26 Å². The van der Waals surface area contributed by atoms with Crippen LogP contribution in [0.1, 0.15) is 31.3 Å². The van der Waals surface area contributed by atoms with Gasteiger partial charge in [0.25, 0.3) is 5.97 Å². The van der Waals surface area contributed by atoms with Gasteiger partial charge < -0.3 is 13.9 Å². The first-order chi connectivity index (χ1) is 5.88. The number of esters is 1. The van der Waals surface area contributed by atoms with Crippen LogP contribution in [0.5, 0.6) is 0 Å². The van der Waals surface area contributed by atoms with Crippen LogP contribution in [0.3, 0.4) is 0 Å². The molecule has 0 unspecified atom stereocenters. The van der Waals surface area contributed by atoms with Crippen molar-refractivity contribution in [2.24, 2.45) is 0 Å². The predicted molar refractivity (Wildman–Crippen MR) is 50.4 cm³/mol. The van der Waals surface area contributed by atoms with Crippen LogP contribution in [0, 0.1) is 6.07 Å². The van der Waals surface area contributed by atoms with Gasteiger partial charge in [0.2, 0.25) is 0 Å². The molecule has 0 fully saturated rings. The summed E-state index contributed by atoms with van der Waals surface area (Å²) < 4.78 is 10.6. The molecule has 0 aromatic carbocycles. The first-order valence-corrected chi connectivity index (χ1v) is 4.57. The van der Waals surface area contributed by atoms with E-state index in [1.54, 1.807) is 20.8 Å². The van der Waals surface area contributed by atoms with Gasteiger partial charge in [-0.2, -0.15) is 0 Å². The summed E-state index contributed by atoms with van der Waals surface area (Å²) in [5.74, 6) is -0.417. The summed E-state index contributed by atoms with van der Waals surface area (Å²) in [4.78, 5) is 11.3. The maximum atomic E-state index is 11.3. The largest absolute Gasteiger partial charge is 1.00 e. The number of carbonyl (C=O) groups is 1. The fraction of sp³-hybridized carbons (Fsp3) is 0.444. The van der Waals surface area contributed by atoms with E-state index in [4.69, 9.17) is 9.15 Å². The van der Waals surface area contributed by atoms with Crippen molar-refractivity contribution in [3.63, 3.8) is 0 Å². The average Bonchev–Trinajstić information content (AvgIpc) is 2.31. The predicted octanol–water partition coefficient (Wildman–Crippen LogP) is -0.198. The number of hydrogen-bond acceptors (Lipinski definition) is 3. The molecule has 1 rings (SSSR count). The molecular formula is C9H10BrLiO3. The maximum Gasteiger partial charge on any atom is 1.00 e. The van der Waals surface area contributed by atoms with Crippen molar-refractivity contribution in [3.05, 3.63) is 22.6 Å². The van der Waals surface area contributed by atoms with Crippen molar-refractivity contribution in [2.45, 2.75) is 26.4 Å². The monoisotopic (exact) mass is 252 g/mol. The minimum atomic E-state index is -0.510. The topological polar surface area (TPSA) is 39.4 Å². The molecule has 0 aliphatic heterocycles. The molecule has 0 N–H and O–H groups in total. The van der Waals surface area contributed by atoms with Crippen LogP contribution in [-0.2, 0) is 4.74 Å². The Morgan fingerprint density at radius 3 is 2.50 bits per heavy atom. The molecule has 0 radical (unpaired) electrons. The number of furan rings is 1. The standard InChI is InChI=1S/C9H10BrO3.Li/c1-9(2,3)13-8(11)7-4-6(10)5-12-7;/h5H,1-3H3;/q-1;+1. The van der Waals surface area contributed by atoms with E-state index in [2.05, 4.69) is 22.0 Å². The summed E-state index contributed by atoms with van der Waals surface area (Å²) in [5.41, 5.74) is -0.510. The Labute approximate surface area is 103 Å². The van der Waals surface area contributed by atoms with E-state index in [1.165, 1.54) is 6.26 Å². The van der Waals surface area contributed by atoms with Crippen LogP contribution in [0.2, 0.25) is 0 Å². The molecule has 0 aliphatic carbocycles. The molecule has 3 nitrogen and oxygen atoms in total. The normalized spacial score (nSPS) is 10.6. The summed E-state index contributed by atoms with van der Waals surface area (Å²) in [7, 11) is 0. The second-order valence-electron chi connectivity index (χ2n) is 3.54. The minimum absolute atomic E-state index is 0. The van der Waals surface area contributed by atoms with Crippen LogP contribution in [-0.4, -0.2) is 11.6 Å². The quantitative estimate of drug-likeness (QED) is 0.395. The second kappa shape index (κ2) is 5.06. The van der Waals surface area contributed by atoms with Gasteiger partial charge in [-0.3, -0.25) is 0 Å². The average molecular weight is 253 g/mol. The van der Waals surface area contributed by atoms with Gasteiger partial charge in [0.1, 0.15) is 0 Å². The van der Waals surface area contributed by atoms with Gasteiger partial charge in [-0.15, -0.1) is 6.07 Å². The minimum Gasteiger partial charge on any atom is -0.539 e. The Morgan fingerprint density at radius 1 is 1.57 bits per heavy atom. The molecule has 0 spiro atoms. The van der Waals surface area contributed by atoms with Gasteiger partial charge >= 0.3 is 18.9 Å². The Balaban J connectivity index is 0.00000169. The SMILES string of the molecule is CC(C)(C)OC(=O)c1[c-]c(Br)co1.[Li+]. The van der Waals surface area contributed by atoms with Gasteiger partial charge in [-0.05, 0) is 20.8 Å². The number of carbonyl (C=O) groups excluding carboxylic acids is 1. The summed E-state index contributed by atoms with van der Waals surface area (Å²) in [6, 6.07) is 2.67. The third kappa shape index (κ3) is 4.36. The molecule has 1 aromatic rings. The second-order valence-corrected chi connectivity index (χ2v) is 4.39. The van der Waals surface area contributed by atoms with E-state index in [9.17, 15) is 4.79 Å². The third-order valence-electron chi connectivity index (χ3n) is 1.10. The molecule has 0 saturated heterocycles. The van der Waals surface area contributed by atoms with E-state index in [1.807, 2.05) is 0 Å². The smallest absolute Gasteiger partial charge is 0.539 e. The molecule has 72 valence electrons. The fourth-order valence-electron chi connectivity index (χ4n) is 0.702. The molecule has 0 amide bonds. The third-order valence-corrected chi connectivity index (χ3v) is 1.48. The van der Waals surface area contributed by atoms with Crippen molar-refractivity contribution in [3.8, 4) is 0 Å². The first-order valence-electron chi connectivity index (χ1n) is 3.78. The number of rotatable bonds is 1. The zero-order chi connectivity index (χ0) is 10.1. The fourth-order valence-corrected chi connectivity index (χ4v) is 0.975. The van der Waals surface area contributed by atoms with Gasteiger partial charge in [0.15, 0.2) is 0 Å². The number of ether oxygens (including phenoxy) is 1. The van der Waals surface area contributed by atoms with Gasteiger partial charge in [-0.1, -0.05) is 20.4 Å². The Bertz CT molecular complexity index is 314. The van der Waals surface area contributed by atoms with E-state index in [0.717, 1.165) is 0 Å². The van der Waals surface area contributed by atoms with Crippen molar-refractivity contribution < 1.29 is 32.8 Å². The maximum absolute atomic E-state index is 11.3. The zero-order valence-corrected chi connectivity index (χ0v) is 10.3. The van der Waals surface area contributed by atoms with Gasteiger partial charge in [0.05, 0.1) is 11.4 Å². The first kappa shape index (κ1) is 13.8. The summed E-state index contributed by atoms with van der Waals surface area (Å²) >= 11 is 3.12. The Kier molecular flexibility index (Phi) is 5.00. The van der Waals surface area contributed by atoms with E-state index >= 15 is 0 Å². The molecule has 14 heavy (non-hydrogen) atoms. The molecular weight excluding hydrogens is 243 g/mol. The van der Waals surface area contributed by atoms with Crippen molar-refractivity contribution >= 4 is 21.9 Å². The number of hydrogen-bond donors (Lipinski definition) is 0. The molecule has 1 aromatic heterocycles. The van der Waals surface area contributed by atoms with Crippen molar-refractivity contribution in [1.82, 2.24) is 0 Å². The van der Waals surface area contributed by atoms with Crippen LogP contribution in [0.4, 0.5) is 0 Å². The molecule has 5 heteroatoms. The van der Waals surface area contributed by atoms with E-state index in [0.29, 0.717) is 4.47 Å². The van der Waals surface area contributed by atoms with Crippen molar-refractivity contribution in [2.75, 3.05) is 0 Å². The Hall–Kier alpha value is -0.173.